The minimum absolute atomic E-state index is 0.154. The van der Waals surface area contributed by atoms with Gasteiger partial charge in [-0.2, -0.15) is 0 Å². The Balaban J connectivity index is 2.01. The van der Waals surface area contributed by atoms with Crippen LogP contribution in [0.2, 0.25) is 0 Å². The molecule has 0 aliphatic heterocycles. The predicted octanol–water partition coefficient (Wildman–Crippen LogP) is 5.68. The number of rotatable bonds is 4. The minimum Gasteiger partial charge on any atom is -0.488 e. The summed E-state index contributed by atoms with van der Waals surface area (Å²) in [4.78, 5) is 0. The van der Waals surface area contributed by atoms with E-state index in [1.54, 1.807) is 0 Å². The van der Waals surface area contributed by atoms with E-state index in [1.165, 1.54) is 11.1 Å². The molecule has 0 N–H and O–H groups in total. The van der Waals surface area contributed by atoms with Crippen LogP contribution in [0.25, 0.3) is 6.08 Å². The van der Waals surface area contributed by atoms with Crippen molar-refractivity contribution in [3.63, 3.8) is 0 Å². The van der Waals surface area contributed by atoms with Crippen molar-refractivity contribution in [2.75, 3.05) is 0 Å². The maximum Gasteiger partial charge on any atom is 0.120 e. The maximum absolute atomic E-state index is 5.83. The second kappa shape index (κ2) is 6.62. The highest BCUT2D eigenvalue weighted by molar-refractivity contribution is 5.52. The van der Waals surface area contributed by atoms with E-state index in [9.17, 15) is 0 Å². The second-order valence-electron chi connectivity index (χ2n) is 6.34. The third-order valence-corrected chi connectivity index (χ3v) is 3.21. The molecule has 2 aromatic rings. The molecule has 2 rings (SSSR count). The van der Waals surface area contributed by atoms with Crippen LogP contribution < -0.4 is 4.74 Å². The van der Waals surface area contributed by atoms with Gasteiger partial charge in [-0.1, -0.05) is 61.5 Å². The second-order valence-corrected chi connectivity index (χ2v) is 6.34. The Morgan fingerprint density at radius 3 is 2.10 bits per heavy atom. The van der Waals surface area contributed by atoms with Crippen molar-refractivity contribution in [3.05, 3.63) is 71.8 Å². The van der Waals surface area contributed by atoms with Crippen molar-refractivity contribution in [1.82, 2.24) is 0 Å². The molecular weight excluding hydrogens is 256 g/mol. The highest BCUT2D eigenvalue weighted by atomic mass is 16.5. The third kappa shape index (κ3) is 5.11. The standard InChI is InChI=1S/C20H24O/c1-16(18-8-6-5-7-9-18)10-11-17-12-14-19(15-13-17)21-20(2,3)4/h5-16H,1-4H3. The van der Waals surface area contributed by atoms with Crippen LogP contribution in [0.3, 0.4) is 0 Å². The summed E-state index contributed by atoms with van der Waals surface area (Å²) < 4.78 is 5.83. The zero-order chi connectivity index (χ0) is 15.3. The summed E-state index contributed by atoms with van der Waals surface area (Å²) in [6.07, 6.45) is 4.40. The van der Waals surface area contributed by atoms with E-state index in [4.69, 9.17) is 4.74 Å². The Kier molecular flexibility index (Phi) is 4.85. The van der Waals surface area contributed by atoms with E-state index in [1.807, 2.05) is 18.2 Å². The molecule has 1 heteroatoms. The average molecular weight is 280 g/mol. The molecule has 0 fully saturated rings. The molecule has 0 amide bonds. The van der Waals surface area contributed by atoms with Gasteiger partial charge >= 0.3 is 0 Å². The first-order valence-electron chi connectivity index (χ1n) is 7.46. The van der Waals surface area contributed by atoms with Gasteiger partial charge in [0, 0.05) is 0 Å². The largest absolute Gasteiger partial charge is 0.488 e. The highest BCUT2D eigenvalue weighted by Gasteiger charge is 2.11. The fourth-order valence-electron chi connectivity index (χ4n) is 2.12. The van der Waals surface area contributed by atoms with Gasteiger partial charge in [0.05, 0.1) is 0 Å². The lowest BCUT2D eigenvalue weighted by atomic mass is 10.00. The van der Waals surface area contributed by atoms with E-state index in [0.29, 0.717) is 5.92 Å². The summed E-state index contributed by atoms with van der Waals surface area (Å²) in [5.74, 6) is 1.33. The summed E-state index contributed by atoms with van der Waals surface area (Å²) in [6, 6.07) is 18.8. The van der Waals surface area contributed by atoms with Crippen LogP contribution in [-0.2, 0) is 0 Å². The van der Waals surface area contributed by atoms with E-state index < -0.39 is 0 Å². The molecule has 0 spiro atoms. The van der Waals surface area contributed by atoms with Crippen molar-refractivity contribution in [2.45, 2.75) is 39.2 Å². The molecule has 21 heavy (non-hydrogen) atoms. The van der Waals surface area contributed by atoms with Gasteiger partial charge in [-0.25, -0.2) is 0 Å². The Morgan fingerprint density at radius 2 is 1.52 bits per heavy atom. The highest BCUT2D eigenvalue weighted by Crippen LogP contribution is 2.21. The molecule has 0 aliphatic rings. The van der Waals surface area contributed by atoms with Gasteiger partial charge in [-0.15, -0.1) is 0 Å². The number of ether oxygens (including phenoxy) is 1. The van der Waals surface area contributed by atoms with Crippen molar-refractivity contribution in [2.24, 2.45) is 0 Å². The Labute approximate surface area is 128 Å². The van der Waals surface area contributed by atoms with Gasteiger partial charge < -0.3 is 4.74 Å². The number of benzene rings is 2. The Hall–Kier alpha value is -2.02. The van der Waals surface area contributed by atoms with Gasteiger partial charge in [0.1, 0.15) is 11.4 Å². The molecule has 0 bridgehead atoms. The van der Waals surface area contributed by atoms with E-state index >= 15 is 0 Å². The van der Waals surface area contributed by atoms with Crippen LogP contribution in [0.1, 0.15) is 44.7 Å². The van der Waals surface area contributed by atoms with Gasteiger partial charge in [-0.05, 0) is 49.9 Å². The normalized spacial score (nSPS) is 13.3. The SMILES string of the molecule is CC(C=Cc1ccc(OC(C)(C)C)cc1)c1ccccc1. The zero-order valence-electron chi connectivity index (χ0n) is 13.3. The topological polar surface area (TPSA) is 9.23 Å². The van der Waals surface area contributed by atoms with Gasteiger partial charge in [0.25, 0.3) is 0 Å². The first-order chi connectivity index (χ1) is 9.94. The molecule has 0 saturated heterocycles. The first kappa shape index (κ1) is 15.4. The van der Waals surface area contributed by atoms with Crippen molar-refractivity contribution < 1.29 is 4.74 Å². The molecule has 2 aromatic carbocycles. The van der Waals surface area contributed by atoms with Crippen LogP contribution in [0, 0.1) is 0 Å². The number of hydrogen-bond donors (Lipinski definition) is 0. The smallest absolute Gasteiger partial charge is 0.120 e. The number of hydrogen-bond acceptors (Lipinski definition) is 1. The molecule has 1 unspecified atom stereocenters. The van der Waals surface area contributed by atoms with Crippen molar-refractivity contribution in [1.29, 1.82) is 0 Å². The van der Waals surface area contributed by atoms with E-state index in [0.717, 1.165) is 5.75 Å². The van der Waals surface area contributed by atoms with E-state index in [-0.39, 0.29) is 5.60 Å². The molecule has 0 radical (unpaired) electrons. The molecule has 0 saturated carbocycles. The molecule has 1 nitrogen and oxygen atoms in total. The van der Waals surface area contributed by atoms with Gasteiger partial charge in [0.2, 0.25) is 0 Å². The fourth-order valence-corrected chi connectivity index (χ4v) is 2.12. The van der Waals surface area contributed by atoms with Crippen molar-refractivity contribution >= 4 is 6.08 Å². The van der Waals surface area contributed by atoms with Crippen LogP contribution in [0.15, 0.2) is 60.7 Å². The van der Waals surface area contributed by atoms with Crippen LogP contribution in [0.5, 0.6) is 5.75 Å². The quantitative estimate of drug-likeness (QED) is 0.700. The summed E-state index contributed by atoms with van der Waals surface area (Å²) >= 11 is 0. The Bertz CT molecular complexity index is 573. The lowest BCUT2D eigenvalue weighted by molar-refractivity contribution is 0.131. The molecule has 0 aromatic heterocycles. The van der Waals surface area contributed by atoms with Crippen LogP contribution in [-0.4, -0.2) is 5.60 Å². The maximum atomic E-state index is 5.83. The van der Waals surface area contributed by atoms with Gasteiger partial charge in [-0.3, -0.25) is 0 Å². The molecule has 1 atom stereocenters. The summed E-state index contributed by atoms with van der Waals surface area (Å²) in [6.45, 7) is 8.38. The molecule has 0 heterocycles. The summed E-state index contributed by atoms with van der Waals surface area (Å²) in [5.41, 5.74) is 2.37. The fraction of sp³-hybridized carbons (Fsp3) is 0.300. The van der Waals surface area contributed by atoms with Crippen LogP contribution >= 0.6 is 0 Å². The monoisotopic (exact) mass is 280 g/mol. The van der Waals surface area contributed by atoms with Crippen molar-refractivity contribution in [3.8, 4) is 5.75 Å². The minimum atomic E-state index is -0.154. The molecule has 0 aliphatic carbocycles. The Morgan fingerprint density at radius 1 is 0.905 bits per heavy atom. The number of allylic oxidation sites excluding steroid dienone is 1. The molecular formula is C20H24O. The third-order valence-electron chi connectivity index (χ3n) is 3.21. The van der Waals surface area contributed by atoms with E-state index in [2.05, 4.69) is 76.2 Å². The summed E-state index contributed by atoms with van der Waals surface area (Å²) in [5, 5.41) is 0. The zero-order valence-corrected chi connectivity index (χ0v) is 13.3. The van der Waals surface area contributed by atoms with Crippen LogP contribution in [0.4, 0.5) is 0 Å². The molecule has 110 valence electrons. The lowest BCUT2D eigenvalue weighted by Crippen LogP contribution is -2.22. The van der Waals surface area contributed by atoms with Gasteiger partial charge in [0.15, 0.2) is 0 Å². The average Bonchev–Trinajstić information content (AvgIpc) is 2.45. The first-order valence-corrected chi connectivity index (χ1v) is 7.46. The summed E-state index contributed by atoms with van der Waals surface area (Å²) in [7, 11) is 0. The predicted molar refractivity (Wildman–Crippen MR) is 90.7 cm³/mol. The lowest BCUT2D eigenvalue weighted by Gasteiger charge is -2.21.